The second-order valence-corrected chi connectivity index (χ2v) is 3.15. The molecule has 0 saturated heterocycles. The number of aromatic nitrogens is 2. The number of anilines is 1. The van der Waals surface area contributed by atoms with Gasteiger partial charge in [-0.05, 0) is 19.1 Å². The SMILES string of the molecule is Cc1ccc(Oc2ccncc2N)cn1. The molecule has 0 amide bonds. The quantitative estimate of drug-likeness (QED) is 0.808. The molecule has 0 atom stereocenters. The van der Waals surface area contributed by atoms with E-state index in [1.165, 1.54) is 0 Å². The molecule has 0 bridgehead atoms. The van der Waals surface area contributed by atoms with Gasteiger partial charge in [-0.15, -0.1) is 0 Å². The first kappa shape index (κ1) is 9.45. The molecule has 0 radical (unpaired) electrons. The third-order valence-electron chi connectivity index (χ3n) is 1.92. The predicted octanol–water partition coefficient (Wildman–Crippen LogP) is 2.16. The van der Waals surface area contributed by atoms with Gasteiger partial charge in [0.05, 0.1) is 18.1 Å². The topological polar surface area (TPSA) is 61.0 Å². The number of nitrogens with two attached hydrogens (primary N) is 1. The summed E-state index contributed by atoms with van der Waals surface area (Å²) in [6.07, 6.45) is 4.85. The number of nitrogens with zero attached hydrogens (tertiary/aromatic N) is 2. The fourth-order valence-corrected chi connectivity index (χ4v) is 1.13. The molecule has 2 N–H and O–H groups in total. The van der Waals surface area contributed by atoms with Gasteiger partial charge in [-0.25, -0.2) is 0 Å². The highest BCUT2D eigenvalue weighted by Crippen LogP contribution is 2.25. The Balaban J connectivity index is 2.22. The van der Waals surface area contributed by atoms with E-state index in [0.29, 0.717) is 17.2 Å². The Hall–Kier alpha value is -2.10. The maximum Gasteiger partial charge on any atom is 0.153 e. The van der Waals surface area contributed by atoms with E-state index in [9.17, 15) is 0 Å². The second kappa shape index (κ2) is 3.96. The van der Waals surface area contributed by atoms with Gasteiger partial charge in [0, 0.05) is 18.0 Å². The van der Waals surface area contributed by atoms with Crippen molar-refractivity contribution in [1.82, 2.24) is 9.97 Å². The van der Waals surface area contributed by atoms with Gasteiger partial charge in [0.25, 0.3) is 0 Å². The van der Waals surface area contributed by atoms with Crippen molar-refractivity contribution in [3.8, 4) is 11.5 Å². The van der Waals surface area contributed by atoms with Crippen LogP contribution in [0.3, 0.4) is 0 Å². The van der Waals surface area contributed by atoms with Crippen LogP contribution < -0.4 is 10.5 Å². The molecule has 0 aliphatic carbocycles. The fourth-order valence-electron chi connectivity index (χ4n) is 1.13. The van der Waals surface area contributed by atoms with E-state index in [4.69, 9.17) is 10.5 Å². The molecule has 2 heterocycles. The average Bonchev–Trinajstić information content (AvgIpc) is 2.25. The van der Waals surface area contributed by atoms with Crippen LogP contribution in [0.4, 0.5) is 5.69 Å². The summed E-state index contributed by atoms with van der Waals surface area (Å²) in [7, 11) is 0. The summed E-state index contributed by atoms with van der Waals surface area (Å²) in [6.45, 7) is 1.92. The summed E-state index contributed by atoms with van der Waals surface area (Å²) >= 11 is 0. The lowest BCUT2D eigenvalue weighted by Crippen LogP contribution is -1.93. The monoisotopic (exact) mass is 201 g/mol. The number of nitrogen functional groups attached to an aromatic ring is 1. The lowest BCUT2D eigenvalue weighted by Gasteiger charge is -2.06. The minimum atomic E-state index is 0.512. The highest BCUT2D eigenvalue weighted by molar-refractivity contribution is 5.51. The lowest BCUT2D eigenvalue weighted by molar-refractivity contribution is 0.481. The molecule has 2 rings (SSSR count). The van der Waals surface area contributed by atoms with Crippen LogP contribution in [-0.4, -0.2) is 9.97 Å². The molecule has 76 valence electrons. The molecule has 0 fully saturated rings. The number of hydrogen-bond acceptors (Lipinski definition) is 4. The van der Waals surface area contributed by atoms with Crippen molar-refractivity contribution in [3.63, 3.8) is 0 Å². The largest absolute Gasteiger partial charge is 0.453 e. The molecule has 2 aromatic rings. The first-order valence-corrected chi connectivity index (χ1v) is 4.56. The fraction of sp³-hybridized carbons (Fsp3) is 0.0909. The zero-order chi connectivity index (χ0) is 10.7. The van der Waals surface area contributed by atoms with Crippen LogP contribution in [0, 0.1) is 6.92 Å². The normalized spacial score (nSPS) is 9.93. The van der Waals surface area contributed by atoms with Gasteiger partial charge in [0.1, 0.15) is 5.75 Å². The van der Waals surface area contributed by atoms with E-state index in [-0.39, 0.29) is 0 Å². The van der Waals surface area contributed by atoms with E-state index in [0.717, 1.165) is 5.69 Å². The molecule has 4 heteroatoms. The van der Waals surface area contributed by atoms with Gasteiger partial charge in [0.15, 0.2) is 5.75 Å². The molecule has 0 aliphatic rings. The Morgan fingerprint density at radius 2 is 2.07 bits per heavy atom. The van der Waals surface area contributed by atoms with E-state index in [1.807, 2.05) is 19.1 Å². The van der Waals surface area contributed by atoms with Gasteiger partial charge in [-0.1, -0.05) is 0 Å². The van der Waals surface area contributed by atoms with Crippen molar-refractivity contribution in [2.45, 2.75) is 6.92 Å². The smallest absolute Gasteiger partial charge is 0.153 e. The van der Waals surface area contributed by atoms with E-state index >= 15 is 0 Å². The number of aryl methyl sites for hydroxylation is 1. The predicted molar refractivity (Wildman–Crippen MR) is 57.7 cm³/mol. The first-order valence-electron chi connectivity index (χ1n) is 4.56. The summed E-state index contributed by atoms with van der Waals surface area (Å²) < 4.78 is 5.54. The zero-order valence-electron chi connectivity index (χ0n) is 8.34. The molecular weight excluding hydrogens is 190 g/mol. The molecule has 2 aromatic heterocycles. The van der Waals surface area contributed by atoms with Gasteiger partial charge in [-0.2, -0.15) is 0 Å². The van der Waals surface area contributed by atoms with Crippen molar-refractivity contribution in [2.75, 3.05) is 5.73 Å². The minimum Gasteiger partial charge on any atom is -0.453 e. The maximum atomic E-state index is 5.69. The van der Waals surface area contributed by atoms with Gasteiger partial charge >= 0.3 is 0 Å². The molecule has 0 unspecified atom stereocenters. The summed E-state index contributed by atoms with van der Waals surface area (Å²) in [5.74, 6) is 1.26. The molecule has 0 aromatic carbocycles. The van der Waals surface area contributed by atoms with Crippen LogP contribution in [-0.2, 0) is 0 Å². The van der Waals surface area contributed by atoms with Crippen LogP contribution in [0.5, 0.6) is 11.5 Å². The molecule has 0 spiro atoms. The van der Waals surface area contributed by atoms with Crippen LogP contribution in [0.15, 0.2) is 36.8 Å². The van der Waals surface area contributed by atoms with E-state index in [2.05, 4.69) is 9.97 Å². The Kier molecular flexibility index (Phi) is 2.49. The second-order valence-electron chi connectivity index (χ2n) is 3.15. The summed E-state index contributed by atoms with van der Waals surface area (Å²) in [4.78, 5) is 8.00. The van der Waals surface area contributed by atoms with Gasteiger partial charge in [-0.3, -0.25) is 9.97 Å². The summed E-state index contributed by atoms with van der Waals surface area (Å²) in [5.41, 5.74) is 7.15. The maximum absolute atomic E-state index is 5.69. The van der Waals surface area contributed by atoms with Crippen molar-refractivity contribution in [2.24, 2.45) is 0 Å². The van der Waals surface area contributed by atoms with Crippen LogP contribution >= 0.6 is 0 Å². The Labute approximate surface area is 87.7 Å². The Morgan fingerprint density at radius 3 is 2.73 bits per heavy atom. The van der Waals surface area contributed by atoms with Crippen molar-refractivity contribution in [3.05, 3.63) is 42.5 Å². The van der Waals surface area contributed by atoms with Gasteiger partial charge < -0.3 is 10.5 Å². The third-order valence-corrected chi connectivity index (χ3v) is 1.92. The average molecular weight is 201 g/mol. The minimum absolute atomic E-state index is 0.512. The molecule has 15 heavy (non-hydrogen) atoms. The van der Waals surface area contributed by atoms with Crippen molar-refractivity contribution >= 4 is 5.69 Å². The van der Waals surface area contributed by atoms with Crippen LogP contribution in [0.1, 0.15) is 5.69 Å². The summed E-state index contributed by atoms with van der Waals surface area (Å²) in [5, 5.41) is 0. The molecule has 0 saturated carbocycles. The van der Waals surface area contributed by atoms with Gasteiger partial charge in [0.2, 0.25) is 0 Å². The van der Waals surface area contributed by atoms with Crippen LogP contribution in [0.25, 0.3) is 0 Å². The number of ether oxygens (including phenoxy) is 1. The van der Waals surface area contributed by atoms with Crippen molar-refractivity contribution < 1.29 is 4.74 Å². The van der Waals surface area contributed by atoms with E-state index in [1.54, 1.807) is 24.7 Å². The molecule has 4 nitrogen and oxygen atoms in total. The van der Waals surface area contributed by atoms with E-state index < -0.39 is 0 Å². The van der Waals surface area contributed by atoms with Crippen LogP contribution in [0.2, 0.25) is 0 Å². The standard InChI is InChI=1S/C11H11N3O/c1-8-2-3-9(6-14-8)15-11-4-5-13-7-10(11)12/h2-7H,12H2,1H3. The third kappa shape index (κ3) is 2.22. The number of hydrogen-bond donors (Lipinski definition) is 1. The zero-order valence-corrected chi connectivity index (χ0v) is 8.34. The lowest BCUT2D eigenvalue weighted by atomic mass is 10.3. The first-order chi connectivity index (χ1) is 7.25. The highest BCUT2D eigenvalue weighted by atomic mass is 16.5. The molecule has 0 aliphatic heterocycles. The number of rotatable bonds is 2. The Morgan fingerprint density at radius 1 is 1.20 bits per heavy atom. The number of pyridine rings is 2. The highest BCUT2D eigenvalue weighted by Gasteiger charge is 2.01. The van der Waals surface area contributed by atoms with Crippen molar-refractivity contribution in [1.29, 1.82) is 0 Å². The molecular formula is C11H11N3O. The summed E-state index contributed by atoms with van der Waals surface area (Å²) in [6, 6.07) is 5.45. The Bertz CT molecular complexity index is 454.